The molecule has 0 saturated carbocycles. The number of aromatic nitrogens is 2. The average Bonchev–Trinajstić information content (AvgIpc) is 3.15. The molecule has 4 rings (SSSR count). The third kappa shape index (κ3) is 4.44. The Bertz CT molecular complexity index is 1030. The van der Waals surface area contributed by atoms with Gasteiger partial charge in [0.15, 0.2) is 0 Å². The zero-order valence-electron chi connectivity index (χ0n) is 17.6. The maximum atomic E-state index is 11.0. The van der Waals surface area contributed by atoms with Gasteiger partial charge in [0.2, 0.25) is 5.82 Å². The lowest BCUT2D eigenvalue weighted by Crippen LogP contribution is -2.49. The molecule has 1 aromatic heterocycles. The summed E-state index contributed by atoms with van der Waals surface area (Å²) in [4.78, 5) is 17.7. The standard InChI is InChI=1S/C24H27N3O3/c1-15(2)10-17-4-6-18(7-5-17)23-25-22(26-30-23)19-8-9-20(16(3)11-19)12-27-13-21(14-27)24(28)29/h4-9,11,15,21H,10,12-14H2,1-3H3,(H,28,29). The number of carboxylic acids is 1. The van der Waals surface area contributed by atoms with E-state index in [1.165, 1.54) is 11.1 Å². The zero-order valence-corrected chi connectivity index (χ0v) is 17.6. The lowest BCUT2D eigenvalue weighted by atomic mass is 9.97. The van der Waals surface area contributed by atoms with Gasteiger partial charge in [0.05, 0.1) is 5.92 Å². The van der Waals surface area contributed by atoms with Crippen LogP contribution in [0.1, 0.15) is 30.5 Å². The van der Waals surface area contributed by atoms with Crippen molar-refractivity contribution in [2.45, 2.75) is 33.7 Å². The van der Waals surface area contributed by atoms with Gasteiger partial charge in [-0.05, 0) is 54.2 Å². The molecule has 0 aliphatic carbocycles. The molecule has 2 aromatic carbocycles. The van der Waals surface area contributed by atoms with Crippen molar-refractivity contribution in [3.8, 4) is 22.8 Å². The van der Waals surface area contributed by atoms with Crippen LogP contribution in [0.4, 0.5) is 0 Å². The van der Waals surface area contributed by atoms with E-state index in [1.54, 1.807) is 0 Å². The lowest BCUT2D eigenvalue weighted by molar-refractivity contribution is -0.147. The molecular formula is C24H27N3O3. The van der Waals surface area contributed by atoms with E-state index in [9.17, 15) is 4.79 Å². The maximum absolute atomic E-state index is 11.0. The summed E-state index contributed by atoms with van der Waals surface area (Å²) in [7, 11) is 0. The van der Waals surface area contributed by atoms with Crippen LogP contribution >= 0.6 is 0 Å². The Labute approximate surface area is 176 Å². The number of carboxylic acid groups (broad SMARTS) is 1. The molecule has 0 spiro atoms. The second kappa shape index (κ2) is 8.40. The van der Waals surface area contributed by atoms with Crippen molar-refractivity contribution in [1.82, 2.24) is 15.0 Å². The molecule has 2 heterocycles. The highest BCUT2D eigenvalue weighted by Crippen LogP contribution is 2.26. The normalized spacial score (nSPS) is 14.8. The molecule has 1 fully saturated rings. The Kier molecular flexibility index (Phi) is 5.68. The summed E-state index contributed by atoms with van der Waals surface area (Å²) < 4.78 is 5.50. The number of hydrogen-bond donors (Lipinski definition) is 1. The fraction of sp³-hybridized carbons (Fsp3) is 0.375. The van der Waals surface area contributed by atoms with Gasteiger partial charge in [-0.3, -0.25) is 9.69 Å². The van der Waals surface area contributed by atoms with Crippen molar-refractivity contribution in [3.05, 3.63) is 59.2 Å². The summed E-state index contributed by atoms with van der Waals surface area (Å²) in [5, 5.41) is 13.2. The number of benzene rings is 2. The highest BCUT2D eigenvalue weighted by molar-refractivity contribution is 5.71. The van der Waals surface area contributed by atoms with Gasteiger partial charge in [0.1, 0.15) is 0 Å². The summed E-state index contributed by atoms with van der Waals surface area (Å²) in [6.07, 6.45) is 1.05. The molecule has 0 amide bonds. The maximum Gasteiger partial charge on any atom is 0.309 e. The fourth-order valence-corrected chi connectivity index (χ4v) is 3.82. The SMILES string of the molecule is Cc1cc(-c2noc(-c3ccc(CC(C)C)cc3)n2)ccc1CN1CC(C(=O)O)C1. The molecule has 0 unspecified atom stereocenters. The van der Waals surface area contributed by atoms with Crippen molar-refractivity contribution in [3.63, 3.8) is 0 Å². The number of rotatable bonds is 7. The molecule has 6 heteroatoms. The molecule has 0 atom stereocenters. The predicted molar refractivity (Wildman–Crippen MR) is 115 cm³/mol. The van der Waals surface area contributed by atoms with E-state index in [1.807, 2.05) is 18.2 Å². The summed E-state index contributed by atoms with van der Waals surface area (Å²) in [6, 6.07) is 14.4. The van der Waals surface area contributed by atoms with Gasteiger partial charge >= 0.3 is 5.97 Å². The van der Waals surface area contributed by atoms with Crippen LogP contribution in [0, 0.1) is 18.8 Å². The van der Waals surface area contributed by atoms with Crippen LogP contribution in [0.3, 0.4) is 0 Å². The van der Waals surface area contributed by atoms with Crippen LogP contribution in [0.25, 0.3) is 22.8 Å². The van der Waals surface area contributed by atoms with E-state index in [0.717, 1.165) is 29.7 Å². The fourth-order valence-electron chi connectivity index (χ4n) is 3.82. The highest BCUT2D eigenvalue weighted by Gasteiger charge is 2.32. The van der Waals surface area contributed by atoms with Gasteiger partial charge in [-0.25, -0.2) is 0 Å². The van der Waals surface area contributed by atoms with Crippen molar-refractivity contribution in [2.75, 3.05) is 13.1 Å². The molecule has 0 bridgehead atoms. The number of hydrogen-bond acceptors (Lipinski definition) is 5. The Morgan fingerprint density at radius 1 is 1.17 bits per heavy atom. The minimum Gasteiger partial charge on any atom is -0.481 e. The van der Waals surface area contributed by atoms with E-state index in [0.29, 0.717) is 30.7 Å². The van der Waals surface area contributed by atoms with Gasteiger partial charge in [-0.2, -0.15) is 4.98 Å². The summed E-state index contributed by atoms with van der Waals surface area (Å²) >= 11 is 0. The summed E-state index contributed by atoms with van der Waals surface area (Å²) in [5.74, 6) is 0.767. The first-order chi connectivity index (χ1) is 14.4. The Balaban J connectivity index is 1.44. The number of likely N-dealkylation sites (tertiary alicyclic amines) is 1. The number of aryl methyl sites for hydroxylation is 1. The highest BCUT2D eigenvalue weighted by atomic mass is 16.5. The quantitative estimate of drug-likeness (QED) is 0.627. The van der Waals surface area contributed by atoms with E-state index in [4.69, 9.17) is 9.63 Å². The molecule has 1 saturated heterocycles. The molecular weight excluding hydrogens is 378 g/mol. The van der Waals surface area contributed by atoms with Crippen molar-refractivity contribution < 1.29 is 14.4 Å². The molecule has 3 aromatic rings. The first-order valence-corrected chi connectivity index (χ1v) is 10.4. The van der Waals surface area contributed by atoms with Gasteiger partial charge < -0.3 is 9.63 Å². The number of carbonyl (C=O) groups is 1. The molecule has 0 radical (unpaired) electrons. The van der Waals surface area contributed by atoms with Crippen molar-refractivity contribution in [2.24, 2.45) is 11.8 Å². The van der Waals surface area contributed by atoms with E-state index in [2.05, 4.69) is 60.1 Å². The smallest absolute Gasteiger partial charge is 0.309 e. The third-order valence-corrected chi connectivity index (χ3v) is 5.57. The largest absolute Gasteiger partial charge is 0.481 e. The Morgan fingerprint density at radius 2 is 1.87 bits per heavy atom. The van der Waals surface area contributed by atoms with Gasteiger partial charge in [0, 0.05) is 30.8 Å². The summed E-state index contributed by atoms with van der Waals surface area (Å²) in [5.41, 5.74) is 5.45. The average molecular weight is 405 g/mol. The van der Waals surface area contributed by atoms with Crippen LogP contribution in [0.2, 0.25) is 0 Å². The number of nitrogens with zero attached hydrogens (tertiary/aromatic N) is 3. The molecule has 6 nitrogen and oxygen atoms in total. The molecule has 1 aliphatic rings. The summed E-state index contributed by atoms with van der Waals surface area (Å²) in [6.45, 7) is 8.46. The molecule has 1 N–H and O–H groups in total. The van der Waals surface area contributed by atoms with Crippen molar-refractivity contribution in [1.29, 1.82) is 0 Å². The van der Waals surface area contributed by atoms with E-state index in [-0.39, 0.29) is 5.92 Å². The predicted octanol–water partition coefficient (Wildman–Crippen LogP) is 4.43. The van der Waals surface area contributed by atoms with Crippen LogP contribution in [0.15, 0.2) is 47.0 Å². The van der Waals surface area contributed by atoms with Crippen LogP contribution < -0.4 is 0 Å². The lowest BCUT2D eigenvalue weighted by Gasteiger charge is -2.36. The third-order valence-electron chi connectivity index (χ3n) is 5.57. The Hall–Kier alpha value is -2.99. The second-order valence-electron chi connectivity index (χ2n) is 8.59. The van der Waals surface area contributed by atoms with Gasteiger partial charge in [-0.1, -0.05) is 43.3 Å². The van der Waals surface area contributed by atoms with Crippen LogP contribution in [-0.4, -0.2) is 39.2 Å². The minimum atomic E-state index is -0.708. The van der Waals surface area contributed by atoms with E-state index < -0.39 is 5.97 Å². The topological polar surface area (TPSA) is 79.5 Å². The molecule has 156 valence electrons. The van der Waals surface area contributed by atoms with E-state index >= 15 is 0 Å². The Morgan fingerprint density at radius 3 is 2.50 bits per heavy atom. The van der Waals surface area contributed by atoms with Gasteiger partial charge in [-0.15, -0.1) is 0 Å². The monoisotopic (exact) mass is 405 g/mol. The van der Waals surface area contributed by atoms with Gasteiger partial charge in [0.25, 0.3) is 5.89 Å². The number of aliphatic carboxylic acids is 1. The van der Waals surface area contributed by atoms with Crippen LogP contribution in [-0.2, 0) is 17.8 Å². The minimum absolute atomic E-state index is 0.234. The second-order valence-corrected chi connectivity index (χ2v) is 8.59. The first-order valence-electron chi connectivity index (χ1n) is 10.4. The van der Waals surface area contributed by atoms with Crippen LogP contribution in [0.5, 0.6) is 0 Å². The van der Waals surface area contributed by atoms with Crippen molar-refractivity contribution >= 4 is 5.97 Å². The first kappa shape index (κ1) is 20.3. The molecule has 1 aliphatic heterocycles. The molecule has 30 heavy (non-hydrogen) atoms. The zero-order chi connectivity index (χ0) is 21.3.